The SMILES string of the molecule is CC(C)(C)c1ccc(-c2cc([N+](=O)[O-])cc(Cl)n2)cc1. The van der Waals surface area contributed by atoms with Crippen LogP contribution in [0.15, 0.2) is 36.4 Å². The van der Waals surface area contributed by atoms with Crippen molar-refractivity contribution < 1.29 is 4.92 Å². The summed E-state index contributed by atoms with van der Waals surface area (Å²) in [4.78, 5) is 14.5. The molecule has 1 heterocycles. The van der Waals surface area contributed by atoms with E-state index in [1.54, 1.807) is 0 Å². The summed E-state index contributed by atoms with van der Waals surface area (Å²) in [6.07, 6.45) is 0. The van der Waals surface area contributed by atoms with Gasteiger partial charge < -0.3 is 0 Å². The first-order chi connectivity index (χ1) is 9.27. The molecule has 0 aliphatic rings. The maximum absolute atomic E-state index is 10.8. The third-order valence-corrected chi connectivity index (χ3v) is 3.23. The second-order valence-electron chi connectivity index (χ2n) is 5.62. The van der Waals surface area contributed by atoms with Crippen molar-refractivity contribution in [2.24, 2.45) is 0 Å². The second-order valence-corrected chi connectivity index (χ2v) is 6.01. The van der Waals surface area contributed by atoms with Crippen LogP contribution in [-0.2, 0) is 5.41 Å². The van der Waals surface area contributed by atoms with E-state index in [1.165, 1.54) is 17.7 Å². The number of hydrogen-bond acceptors (Lipinski definition) is 3. The minimum atomic E-state index is -0.472. The predicted molar refractivity (Wildman–Crippen MR) is 80.0 cm³/mol. The van der Waals surface area contributed by atoms with Crippen molar-refractivity contribution >= 4 is 17.3 Å². The molecule has 4 nitrogen and oxygen atoms in total. The van der Waals surface area contributed by atoms with Crippen LogP contribution in [0.3, 0.4) is 0 Å². The Morgan fingerprint density at radius 3 is 2.25 bits per heavy atom. The Hall–Kier alpha value is -1.94. The Morgan fingerprint density at radius 2 is 1.75 bits per heavy atom. The highest BCUT2D eigenvalue weighted by molar-refractivity contribution is 6.29. The van der Waals surface area contributed by atoms with Crippen LogP contribution in [0, 0.1) is 10.1 Å². The van der Waals surface area contributed by atoms with Gasteiger partial charge in [-0.3, -0.25) is 10.1 Å². The lowest BCUT2D eigenvalue weighted by Gasteiger charge is -2.19. The zero-order valence-corrected chi connectivity index (χ0v) is 12.3. The molecule has 0 fully saturated rings. The smallest absolute Gasteiger partial charge is 0.258 e. The highest BCUT2D eigenvalue weighted by atomic mass is 35.5. The van der Waals surface area contributed by atoms with Crippen molar-refractivity contribution in [1.29, 1.82) is 0 Å². The third-order valence-electron chi connectivity index (χ3n) is 3.04. The molecule has 0 spiro atoms. The molecule has 0 amide bonds. The van der Waals surface area contributed by atoms with Gasteiger partial charge in [-0.15, -0.1) is 0 Å². The zero-order chi connectivity index (χ0) is 14.9. The van der Waals surface area contributed by atoms with E-state index in [4.69, 9.17) is 11.6 Å². The Kier molecular flexibility index (Phi) is 3.77. The number of nitrogens with zero attached hydrogens (tertiary/aromatic N) is 2. The fraction of sp³-hybridized carbons (Fsp3) is 0.267. The molecule has 2 rings (SSSR count). The average molecular weight is 291 g/mol. The summed E-state index contributed by atoms with van der Waals surface area (Å²) < 4.78 is 0. The number of halogens is 1. The minimum absolute atomic E-state index is 0.0557. The van der Waals surface area contributed by atoms with Gasteiger partial charge in [0.1, 0.15) is 5.15 Å². The van der Waals surface area contributed by atoms with Gasteiger partial charge >= 0.3 is 0 Å². The van der Waals surface area contributed by atoms with Crippen LogP contribution in [0.4, 0.5) is 5.69 Å². The molecule has 104 valence electrons. The van der Waals surface area contributed by atoms with Crippen LogP contribution < -0.4 is 0 Å². The van der Waals surface area contributed by atoms with Crippen LogP contribution in [0.25, 0.3) is 11.3 Å². The van der Waals surface area contributed by atoms with Crippen molar-refractivity contribution in [1.82, 2.24) is 4.98 Å². The molecular weight excluding hydrogens is 276 g/mol. The third kappa shape index (κ3) is 3.14. The van der Waals surface area contributed by atoms with Gasteiger partial charge in [-0.1, -0.05) is 56.6 Å². The van der Waals surface area contributed by atoms with Crippen LogP contribution in [-0.4, -0.2) is 9.91 Å². The van der Waals surface area contributed by atoms with Gasteiger partial charge in [0.2, 0.25) is 0 Å². The fourth-order valence-corrected chi connectivity index (χ4v) is 2.08. The van der Waals surface area contributed by atoms with Gasteiger partial charge in [0.15, 0.2) is 0 Å². The molecule has 5 heteroatoms. The Morgan fingerprint density at radius 1 is 1.15 bits per heavy atom. The molecule has 1 aromatic carbocycles. The molecule has 0 bridgehead atoms. The molecule has 0 N–H and O–H groups in total. The summed E-state index contributed by atoms with van der Waals surface area (Å²) in [5, 5.41) is 11.0. The first kappa shape index (κ1) is 14.5. The van der Waals surface area contributed by atoms with E-state index in [1.807, 2.05) is 24.3 Å². The molecule has 2 aromatic rings. The maximum atomic E-state index is 10.8. The van der Waals surface area contributed by atoms with Crippen molar-refractivity contribution in [3.63, 3.8) is 0 Å². The van der Waals surface area contributed by atoms with Gasteiger partial charge in [-0.05, 0) is 11.0 Å². The van der Waals surface area contributed by atoms with E-state index in [0.29, 0.717) is 5.69 Å². The lowest BCUT2D eigenvalue weighted by Crippen LogP contribution is -2.10. The van der Waals surface area contributed by atoms with Gasteiger partial charge in [0, 0.05) is 11.6 Å². The van der Waals surface area contributed by atoms with Crippen molar-refractivity contribution in [3.8, 4) is 11.3 Å². The molecule has 0 saturated heterocycles. The highest BCUT2D eigenvalue weighted by Crippen LogP contribution is 2.28. The van der Waals surface area contributed by atoms with E-state index in [2.05, 4.69) is 25.8 Å². The number of aromatic nitrogens is 1. The van der Waals surface area contributed by atoms with E-state index < -0.39 is 4.92 Å². The van der Waals surface area contributed by atoms with E-state index >= 15 is 0 Å². The number of benzene rings is 1. The summed E-state index contributed by atoms with van der Waals surface area (Å²) in [6, 6.07) is 10.5. The van der Waals surface area contributed by atoms with Crippen molar-refractivity contribution in [3.05, 3.63) is 57.2 Å². The summed E-state index contributed by atoms with van der Waals surface area (Å²) >= 11 is 5.83. The van der Waals surface area contributed by atoms with E-state index in [9.17, 15) is 10.1 Å². The normalized spacial score (nSPS) is 11.4. The lowest BCUT2D eigenvalue weighted by molar-refractivity contribution is -0.384. The standard InChI is InChI=1S/C15H15ClN2O2/c1-15(2,3)11-6-4-10(5-7-11)13-8-12(18(19)20)9-14(16)17-13/h4-9H,1-3H3. The Labute approximate surface area is 122 Å². The molecular formula is C15H15ClN2O2. The fourth-order valence-electron chi connectivity index (χ4n) is 1.88. The Balaban J connectivity index is 2.44. The summed E-state index contributed by atoms with van der Waals surface area (Å²) in [7, 11) is 0. The Bertz CT molecular complexity index is 646. The maximum Gasteiger partial charge on any atom is 0.274 e. The molecule has 20 heavy (non-hydrogen) atoms. The highest BCUT2D eigenvalue weighted by Gasteiger charge is 2.15. The lowest BCUT2D eigenvalue weighted by atomic mass is 9.86. The van der Waals surface area contributed by atoms with Gasteiger partial charge in [0.25, 0.3) is 5.69 Å². The molecule has 0 radical (unpaired) electrons. The van der Waals surface area contributed by atoms with E-state index in [-0.39, 0.29) is 16.3 Å². The first-order valence-electron chi connectivity index (χ1n) is 6.20. The molecule has 0 unspecified atom stereocenters. The minimum Gasteiger partial charge on any atom is -0.258 e. The topological polar surface area (TPSA) is 56.0 Å². The van der Waals surface area contributed by atoms with Gasteiger partial charge in [-0.25, -0.2) is 4.98 Å². The molecule has 0 saturated carbocycles. The van der Waals surface area contributed by atoms with Gasteiger partial charge in [0.05, 0.1) is 16.7 Å². The van der Waals surface area contributed by atoms with Crippen molar-refractivity contribution in [2.75, 3.05) is 0 Å². The van der Waals surface area contributed by atoms with E-state index in [0.717, 1.165) is 5.56 Å². The summed E-state index contributed by atoms with van der Waals surface area (Å²) in [5.74, 6) is 0. The van der Waals surface area contributed by atoms with Crippen molar-refractivity contribution in [2.45, 2.75) is 26.2 Å². The number of hydrogen-bond donors (Lipinski definition) is 0. The second kappa shape index (κ2) is 5.21. The quantitative estimate of drug-likeness (QED) is 0.461. The predicted octanol–water partition coefficient (Wildman–Crippen LogP) is 4.61. The number of nitro groups is 1. The monoisotopic (exact) mass is 290 g/mol. The molecule has 0 aliphatic heterocycles. The molecule has 1 aromatic heterocycles. The number of pyridine rings is 1. The van der Waals surface area contributed by atoms with Crippen LogP contribution >= 0.6 is 11.6 Å². The summed E-state index contributed by atoms with van der Waals surface area (Å²) in [5.41, 5.74) is 2.51. The average Bonchev–Trinajstić information content (AvgIpc) is 2.37. The molecule has 0 atom stereocenters. The zero-order valence-electron chi connectivity index (χ0n) is 11.6. The van der Waals surface area contributed by atoms with Crippen LogP contribution in [0.2, 0.25) is 5.15 Å². The first-order valence-corrected chi connectivity index (χ1v) is 6.58. The van der Waals surface area contributed by atoms with Crippen LogP contribution in [0.5, 0.6) is 0 Å². The molecule has 0 aliphatic carbocycles. The summed E-state index contributed by atoms with van der Waals surface area (Å²) in [6.45, 7) is 6.39. The largest absolute Gasteiger partial charge is 0.274 e. The number of rotatable bonds is 2. The van der Waals surface area contributed by atoms with Gasteiger partial charge in [-0.2, -0.15) is 0 Å². The van der Waals surface area contributed by atoms with Crippen LogP contribution in [0.1, 0.15) is 26.3 Å².